The van der Waals surface area contributed by atoms with Crippen LogP contribution in [-0.4, -0.2) is 0 Å². The van der Waals surface area contributed by atoms with Crippen LogP contribution in [0.15, 0.2) is 277 Å². The minimum Gasteiger partial charge on any atom is -0.456 e. The van der Waals surface area contributed by atoms with Gasteiger partial charge in [-0.1, -0.05) is 231 Å². The summed E-state index contributed by atoms with van der Waals surface area (Å²) >= 11 is 0. The van der Waals surface area contributed by atoms with Crippen molar-refractivity contribution in [2.75, 3.05) is 4.90 Å². The second-order valence-electron chi connectivity index (χ2n) is 20.9. The van der Waals surface area contributed by atoms with Gasteiger partial charge in [-0.25, -0.2) is 0 Å². The van der Waals surface area contributed by atoms with E-state index < -0.39 is 16.2 Å². The Kier molecular flexibility index (Phi) is 8.10. The maximum absolute atomic E-state index is 6.76. The Hall–Kier alpha value is -9.50. The molecular formula is C73H45NO. The third-order valence-corrected chi connectivity index (χ3v) is 17.8. The summed E-state index contributed by atoms with van der Waals surface area (Å²) in [4.78, 5) is 2.55. The van der Waals surface area contributed by atoms with E-state index in [4.69, 9.17) is 4.42 Å². The van der Waals surface area contributed by atoms with Crippen molar-refractivity contribution in [1.29, 1.82) is 0 Å². The first-order valence-corrected chi connectivity index (χ1v) is 26.2. The number of anilines is 3. The predicted molar refractivity (Wildman–Crippen MR) is 307 cm³/mol. The second-order valence-corrected chi connectivity index (χ2v) is 20.9. The van der Waals surface area contributed by atoms with E-state index in [-0.39, 0.29) is 0 Å². The van der Waals surface area contributed by atoms with Crippen LogP contribution in [0.2, 0.25) is 0 Å². The van der Waals surface area contributed by atoms with Gasteiger partial charge in [0.1, 0.15) is 11.2 Å². The van der Waals surface area contributed by atoms with Gasteiger partial charge in [-0.2, -0.15) is 0 Å². The topological polar surface area (TPSA) is 16.4 Å². The molecule has 0 bridgehead atoms. The standard InChI is InChI=1S/C73H45NO/c1-3-22-47(23-4-1)71(48-24-5-2-6-25-48)58-32-13-7-26-51(58)56-42-41-49(44-64(56)71)74(66-38-20-40-68-70(66)57-31-12-18-39-67(57)75-68)50-43-46-21-19-37-63-69(46)65(45-50)73-61-35-16-10-29-54(61)52-27-8-14-33-59(52)72(63,73)60-34-15-9-28-53(60)55-30-11-17-36-62(55)73/h1-45H. The van der Waals surface area contributed by atoms with Crippen molar-refractivity contribution in [2.24, 2.45) is 0 Å². The lowest BCUT2D eigenvalue weighted by Crippen LogP contribution is -2.54. The van der Waals surface area contributed by atoms with Crippen molar-refractivity contribution in [3.05, 3.63) is 329 Å². The van der Waals surface area contributed by atoms with Gasteiger partial charge in [-0.05, 0) is 142 Å². The van der Waals surface area contributed by atoms with Crippen LogP contribution in [0.5, 0.6) is 0 Å². The van der Waals surface area contributed by atoms with Gasteiger partial charge in [0, 0.05) is 16.8 Å². The molecule has 2 heteroatoms. The molecular weight excluding hydrogens is 907 g/mol. The first kappa shape index (κ1) is 41.0. The van der Waals surface area contributed by atoms with E-state index >= 15 is 0 Å². The summed E-state index contributed by atoms with van der Waals surface area (Å²) in [6.45, 7) is 0. The van der Waals surface area contributed by atoms with Crippen LogP contribution >= 0.6 is 0 Å². The lowest BCUT2D eigenvalue weighted by Gasteiger charge is -2.56. The number of para-hydroxylation sites is 1. The minimum atomic E-state index is -0.657. The number of nitrogens with zero attached hydrogens (tertiary/aromatic N) is 1. The Morgan fingerprint density at radius 3 is 1.35 bits per heavy atom. The molecule has 0 N–H and O–H groups in total. The van der Waals surface area contributed by atoms with Crippen molar-refractivity contribution in [2.45, 2.75) is 16.2 Å². The highest BCUT2D eigenvalue weighted by Gasteiger charge is 2.68. The molecule has 1 heterocycles. The van der Waals surface area contributed by atoms with Crippen LogP contribution in [0.25, 0.3) is 66.1 Å². The normalized spacial score (nSPS) is 17.5. The van der Waals surface area contributed by atoms with Crippen LogP contribution in [0.1, 0.15) is 55.6 Å². The molecule has 1 aromatic heterocycles. The van der Waals surface area contributed by atoms with Crippen LogP contribution in [0.4, 0.5) is 17.1 Å². The Morgan fingerprint density at radius 2 is 0.733 bits per heavy atom. The molecule has 0 aliphatic heterocycles. The van der Waals surface area contributed by atoms with Crippen molar-refractivity contribution in [3.63, 3.8) is 0 Å². The van der Waals surface area contributed by atoms with Crippen LogP contribution in [0, 0.1) is 0 Å². The maximum Gasteiger partial charge on any atom is 0.137 e. The molecule has 4 aliphatic carbocycles. The van der Waals surface area contributed by atoms with E-state index in [2.05, 4.69) is 278 Å². The van der Waals surface area contributed by atoms with E-state index in [1.54, 1.807) is 0 Å². The van der Waals surface area contributed by atoms with Gasteiger partial charge < -0.3 is 9.32 Å². The molecule has 0 atom stereocenters. The molecule has 0 amide bonds. The number of fused-ring (bicyclic) bond motifs is 12. The summed E-state index contributed by atoms with van der Waals surface area (Å²) < 4.78 is 6.76. The molecule has 348 valence electrons. The number of hydrogen-bond donors (Lipinski definition) is 0. The molecule has 12 aromatic carbocycles. The summed E-state index contributed by atoms with van der Waals surface area (Å²) in [6.07, 6.45) is 0. The molecule has 2 nitrogen and oxygen atoms in total. The molecule has 0 saturated carbocycles. The van der Waals surface area contributed by atoms with E-state index in [0.717, 1.165) is 39.0 Å². The van der Waals surface area contributed by atoms with Gasteiger partial charge >= 0.3 is 0 Å². The van der Waals surface area contributed by atoms with E-state index in [1.807, 2.05) is 0 Å². The summed E-state index contributed by atoms with van der Waals surface area (Å²) in [5.41, 5.74) is 23.8. The second kappa shape index (κ2) is 14.8. The molecule has 0 unspecified atom stereocenters. The van der Waals surface area contributed by atoms with Gasteiger partial charge in [0.15, 0.2) is 0 Å². The molecule has 0 saturated heterocycles. The first-order chi connectivity index (χ1) is 37.2. The van der Waals surface area contributed by atoms with Crippen molar-refractivity contribution in [3.8, 4) is 33.4 Å². The summed E-state index contributed by atoms with van der Waals surface area (Å²) in [7, 11) is 0. The molecule has 13 aromatic rings. The van der Waals surface area contributed by atoms with Crippen LogP contribution in [0.3, 0.4) is 0 Å². The smallest absolute Gasteiger partial charge is 0.137 e. The Labute approximate surface area is 435 Å². The fourth-order valence-electron chi connectivity index (χ4n) is 15.4. The summed E-state index contributed by atoms with van der Waals surface area (Å²) in [5.74, 6) is 0. The van der Waals surface area contributed by atoms with Gasteiger partial charge in [-0.15, -0.1) is 0 Å². The molecule has 4 aliphatic rings. The first-order valence-electron chi connectivity index (χ1n) is 26.2. The largest absolute Gasteiger partial charge is 0.456 e. The van der Waals surface area contributed by atoms with Crippen molar-refractivity contribution < 1.29 is 4.42 Å². The highest BCUT2D eigenvalue weighted by Crippen LogP contribution is 2.74. The third kappa shape index (κ3) is 4.91. The molecule has 75 heavy (non-hydrogen) atoms. The van der Waals surface area contributed by atoms with E-state index in [0.29, 0.717) is 0 Å². The van der Waals surface area contributed by atoms with Crippen LogP contribution < -0.4 is 4.90 Å². The zero-order chi connectivity index (χ0) is 49.0. The predicted octanol–water partition coefficient (Wildman–Crippen LogP) is 18.2. The minimum absolute atomic E-state index is 0.589. The number of hydrogen-bond acceptors (Lipinski definition) is 2. The molecule has 0 fully saturated rings. The number of benzene rings is 12. The SMILES string of the molecule is c1ccc(C2(c3ccccc3)c3ccccc3-c3ccc(N(c4cc5c6c(cccc6c4)C46c7ccccc7-c7ccccc7C54c4ccccc4-c4ccccc46)c4cccc5oc6ccccc6c45)cc32)cc1. The van der Waals surface area contributed by atoms with Gasteiger partial charge in [0.25, 0.3) is 0 Å². The highest BCUT2D eigenvalue weighted by molar-refractivity contribution is 6.14. The zero-order valence-electron chi connectivity index (χ0n) is 40.8. The van der Waals surface area contributed by atoms with E-state index in [9.17, 15) is 0 Å². The molecule has 17 rings (SSSR count). The quantitative estimate of drug-likeness (QED) is 0.171. The number of furan rings is 1. The fraction of sp³-hybridized carbons (Fsp3) is 0.0411. The lowest BCUT2D eigenvalue weighted by atomic mass is 9.43. The highest BCUT2D eigenvalue weighted by atomic mass is 16.3. The van der Waals surface area contributed by atoms with Crippen molar-refractivity contribution in [1.82, 2.24) is 0 Å². The van der Waals surface area contributed by atoms with Gasteiger partial charge in [0.05, 0.1) is 27.3 Å². The average Bonchev–Trinajstić information content (AvgIpc) is 4.12. The third-order valence-electron chi connectivity index (χ3n) is 17.8. The lowest BCUT2D eigenvalue weighted by molar-refractivity contribution is 0.432. The molecule has 0 radical (unpaired) electrons. The van der Waals surface area contributed by atoms with Gasteiger partial charge in [-0.3, -0.25) is 0 Å². The monoisotopic (exact) mass is 951 g/mol. The zero-order valence-corrected chi connectivity index (χ0v) is 40.8. The Bertz CT molecular complexity index is 4430. The Morgan fingerprint density at radius 1 is 0.280 bits per heavy atom. The summed E-state index contributed by atoms with van der Waals surface area (Å²) in [5, 5.41) is 4.71. The summed E-state index contributed by atoms with van der Waals surface area (Å²) in [6, 6.07) is 103. The number of rotatable bonds is 5. The average molecular weight is 952 g/mol. The maximum atomic E-state index is 6.76. The molecule has 0 spiro atoms. The van der Waals surface area contributed by atoms with Gasteiger partial charge in [0.2, 0.25) is 0 Å². The van der Waals surface area contributed by atoms with Crippen LogP contribution in [-0.2, 0) is 16.2 Å². The van der Waals surface area contributed by atoms with Crippen molar-refractivity contribution >= 4 is 49.8 Å². The fourth-order valence-corrected chi connectivity index (χ4v) is 15.4. The van der Waals surface area contributed by atoms with E-state index in [1.165, 1.54) is 99.8 Å². The Balaban J connectivity index is 1.03.